The summed E-state index contributed by atoms with van der Waals surface area (Å²) in [6.45, 7) is 7.17. The van der Waals surface area contributed by atoms with E-state index in [1.165, 1.54) is 0 Å². The maximum atomic E-state index is 11.2. The van der Waals surface area contributed by atoms with E-state index in [4.69, 9.17) is 0 Å². The van der Waals surface area contributed by atoms with Crippen molar-refractivity contribution in [1.29, 1.82) is 0 Å². The van der Waals surface area contributed by atoms with Crippen LogP contribution in [0.3, 0.4) is 0 Å². The van der Waals surface area contributed by atoms with Gasteiger partial charge >= 0.3 is 0 Å². The van der Waals surface area contributed by atoms with Crippen molar-refractivity contribution in [3.05, 3.63) is 39.9 Å². The van der Waals surface area contributed by atoms with Crippen LogP contribution in [0.5, 0.6) is 0 Å². The molecule has 13 heavy (non-hydrogen) atoms. The van der Waals surface area contributed by atoms with Crippen molar-refractivity contribution < 1.29 is 4.79 Å². The highest BCUT2D eigenvalue weighted by Gasteiger charge is 2.07. The topological polar surface area (TPSA) is 17.1 Å². The summed E-state index contributed by atoms with van der Waals surface area (Å²) in [6.07, 6.45) is 1.73. The van der Waals surface area contributed by atoms with Gasteiger partial charge in [-0.2, -0.15) is 0 Å². The Kier molecular flexibility index (Phi) is 3.04. The van der Waals surface area contributed by atoms with E-state index in [-0.39, 0.29) is 5.78 Å². The monoisotopic (exact) mass is 238 g/mol. The minimum Gasteiger partial charge on any atom is -0.295 e. The highest BCUT2D eigenvalue weighted by atomic mass is 79.9. The summed E-state index contributed by atoms with van der Waals surface area (Å²) >= 11 is 3.41. The molecule has 0 aliphatic rings. The molecule has 1 aromatic carbocycles. The Bertz CT molecular complexity index is 367. The van der Waals surface area contributed by atoms with E-state index in [1.54, 1.807) is 13.0 Å². The van der Waals surface area contributed by atoms with Crippen LogP contribution in [0.4, 0.5) is 0 Å². The Morgan fingerprint density at radius 3 is 2.62 bits per heavy atom. The number of Topliss-reactive ketones (excluding diaryl/α,β-unsaturated/α-hetero) is 1. The molecule has 1 aromatic rings. The van der Waals surface area contributed by atoms with Gasteiger partial charge in [-0.05, 0) is 37.1 Å². The molecular formula is C11H11BrO. The molecule has 2 heteroatoms. The third-order valence-corrected chi connectivity index (χ3v) is 2.81. The van der Waals surface area contributed by atoms with Crippen LogP contribution in [-0.2, 0) is 0 Å². The molecule has 1 rings (SSSR count). The molecule has 0 aliphatic heterocycles. The third kappa shape index (κ3) is 2.07. The lowest BCUT2D eigenvalue weighted by atomic mass is 10.0. The van der Waals surface area contributed by atoms with Crippen LogP contribution in [0.1, 0.15) is 28.4 Å². The summed E-state index contributed by atoms with van der Waals surface area (Å²) < 4.78 is 0.954. The molecule has 0 unspecified atom stereocenters. The minimum absolute atomic E-state index is 0.0851. The van der Waals surface area contributed by atoms with Gasteiger partial charge in [-0.25, -0.2) is 0 Å². The predicted octanol–water partition coefficient (Wildman–Crippen LogP) is 3.60. The van der Waals surface area contributed by atoms with Gasteiger partial charge in [-0.15, -0.1) is 0 Å². The molecule has 0 fully saturated rings. The molecule has 0 saturated carbocycles. The van der Waals surface area contributed by atoms with Crippen LogP contribution in [0.2, 0.25) is 0 Å². The van der Waals surface area contributed by atoms with Gasteiger partial charge < -0.3 is 0 Å². The van der Waals surface area contributed by atoms with Crippen LogP contribution in [-0.4, -0.2) is 5.78 Å². The van der Waals surface area contributed by atoms with Crippen molar-refractivity contribution in [1.82, 2.24) is 0 Å². The van der Waals surface area contributed by atoms with Crippen molar-refractivity contribution in [3.8, 4) is 0 Å². The third-order valence-electron chi connectivity index (χ3n) is 1.98. The maximum absolute atomic E-state index is 11.2. The normalized spacial score (nSPS) is 9.77. The summed E-state index contributed by atoms with van der Waals surface area (Å²) in [5, 5.41) is 0. The van der Waals surface area contributed by atoms with Gasteiger partial charge in [-0.1, -0.05) is 28.6 Å². The fourth-order valence-corrected chi connectivity index (χ4v) is 1.66. The largest absolute Gasteiger partial charge is 0.295 e. The number of rotatable bonds is 2. The standard InChI is InChI=1S/C11H11BrO/c1-4-9-5-10(8(3)13)7(2)11(12)6-9/h4-6H,1H2,2-3H3. The molecular weight excluding hydrogens is 228 g/mol. The van der Waals surface area contributed by atoms with Crippen LogP contribution in [0, 0.1) is 6.92 Å². The predicted molar refractivity (Wildman–Crippen MR) is 59.0 cm³/mol. The van der Waals surface area contributed by atoms with Crippen LogP contribution >= 0.6 is 15.9 Å². The summed E-state index contributed by atoms with van der Waals surface area (Å²) in [5.74, 6) is 0.0851. The molecule has 0 amide bonds. The molecule has 1 nitrogen and oxygen atoms in total. The number of hydrogen-bond acceptors (Lipinski definition) is 1. The van der Waals surface area contributed by atoms with E-state index in [1.807, 2.05) is 19.1 Å². The molecule has 0 spiro atoms. The summed E-state index contributed by atoms with van der Waals surface area (Å²) in [5.41, 5.74) is 2.70. The summed E-state index contributed by atoms with van der Waals surface area (Å²) in [7, 11) is 0. The zero-order valence-corrected chi connectivity index (χ0v) is 9.31. The minimum atomic E-state index is 0.0851. The lowest BCUT2D eigenvalue weighted by Gasteiger charge is -2.06. The maximum Gasteiger partial charge on any atom is 0.160 e. The summed E-state index contributed by atoms with van der Waals surface area (Å²) in [6, 6.07) is 3.81. The lowest BCUT2D eigenvalue weighted by Crippen LogP contribution is -1.97. The Balaban J connectivity index is 3.41. The van der Waals surface area contributed by atoms with Crippen LogP contribution in [0.15, 0.2) is 23.2 Å². The van der Waals surface area contributed by atoms with E-state index in [0.717, 1.165) is 21.2 Å². The van der Waals surface area contributed by atoms with E-state index in [9.17, 15) is 4.79 Å². The molecule has 0 bridgehead atoms. The molecule has 0 saturated heterocycles. The van der Waals surface area contributed by atoms with E-state index in [2.05, 4.69) is 22.5 Å². The van der Waals surface area contributed by atoms with Gasteiger partial charge in [0.15, 0.2) is 5.78 Å². The average molecular weight is 239 g/mol. The Labute approximate surface area is 86.6 Å². The fraction of sp³-hybridized carbons (Fsp3) is 0.182. The second-order valence-corrected chi connectivity index (χ2v) is 3.79. The van der Waals surface area contributed by atoms with Crippen molar-refractivity contribution in [3.63, 3.8) is 0 Å². The van der Waals surface area contributed by atoms with Crippen LogP contribution < -0.4 is 0 Å². The number of hydrogen-bond donors (Lipinski definition) is 0. The van der Waals surface area contributed by atoms with E-state index >= 15 is 0 Å². The second-order valence-electron chi connectivity index (χ2n) is 2.94. The van der Waals surface area contributed by atoms with Crippen molar-refractivity contribution in [2.75, 3.05) is 0 Å². The molecule has 68 valence electrons. The number of carbonyl (C=O) groups excluding carboxylic acids is 1. The van der Waals surface area contributed by atoms with E-state index in [0.29, 0.717) is 0 Å². The van der Waals surface area contributed by atoms with E-state index < -0.39 is 0 Å². The highest BCUT2D eigenvalue weighted by Crippen LogP contribution is 2.23. The Hall–Kier alpha value is -0.890. The van der Waals surface area contributed by atoms with Crippen LogP contribution in [0.25, 0.3) is 6.08 Å². The summed E-state index contributed by atoms with van der Waals surface area (Å²) in [4.78, 5) is 11.2. The van der Waals surface area contributed by atoms with Crippen molar-refractivity contribution in [2.24, 2.45) is 0 Å². The lowest BCUT2D eigenvalue weighted by molar-refractivity contribution is 0.101. The first-order valence-corrected chi connectivity index (χ1v) is 4.79. The number of carbonyl (C=O) groups is 1. The van der Waals surface area contributed by atoms with Gasteiger partial charge in [0.05, 0.1) is 0 Å². The second kappa shape index (κ2) is 3.88. The number of benzene rings is 1. The van der Waals surface area contributed by atoms with Crippen molar-refractivity contribution in [2.45, 2.75) is 13.8 Å². The zero-order chi connectivity index (χ0) is 10.0. The quantitative estimate of drug-likeness (QED) is 0.720. The van der Waals surface area contributed by atoms with Gasteiger partial charge in [0.25, 0.3) is 0 Å². The van der Waals surface area contributed by atoms with Gasteiger partial charge in [0.1, 0.15) is 0 Å². The Morgan fingerprint density at radius 2 is 2.15 bits per heavy atom. The first-order valence-electron chi connectivity index (χ1n) is 3.99. The first-order chi connectivity index (χ1) is 6.06. The van der Waals surface area contributed by atoms with Gasteiger partial charge in [0.2, 0.25) is 0 Å². The average Bonchev–Trinajstić information content (AvgIpc) is 2.09. The highest BCUT2D eigenvalue weighted by molar-refractivity contribution is 9.10. The molecule has 0 aromatic heterocycles. The van der Waals surface area contributed by atoms with Gasteiger partial charge in [0, 0.05) is 10.0 Å². The molecule has 0 aliphatic carbocycles. The number of ketones is 1. The van der Waals surface area contributed by atoms with Crippen molar-refractivity contribution >= 4 is 27.8 Å². The zero-order valence-electron chi connectivity index (χ0n) is 7.73. The molecule has 0 N–H and O–H groups in total. The number of halogens is 1. The first kappa shape index (κ1) is 10.2. The smallest absolute Gasteiger partial charge is 0.160 e. The molecule has 0 atom stereocenters. The fourth-order valence-electron chi connectivity index (χ4n) is 1.18. The SMILES string of the molecule is C=Cc1cc(Br)c(C)c(C(C)=O)c1. The molecule has 0 heterocycles. The Morgan fingerprint density at radius 1 is 1.54 bits per heavy atom. The molecule has 0 radical (unpaired) electrons. The van der Waals surface area contributed by atoms with Gasteiger partial charge in [-0.3, -0.25) is 4.79 Å².